The van der Waals surface area contributed by atoms with Crippen molar-refractivity contribution >= 4 is 12.0 Å². The molecule has 0 aromatic heterocycles. The fourth-order valence-electron chi connectivity index (χ4n) is 2.11. The number of alkyl halides is 1. The smallest absolute Gasteiger partial charge is 0.323 e. The van der Waals surface area contributed by atoms with Crippen LogP contribution >= 0.6 is 0 Å². The highest BCUT2D eigenvalue weighted by molar-refractivity contribution is 6.28. The zero-order chi connectivity index (χ0) is 8.11. The molecule has 0 radical (unpaired) electrons. The number of carbonyl (C=O) groups excluding carboxylic acids is 1. The molecule has 0 aromatic carbocycles. The number of ketones is 1. The van der Waals surface area contributed by atoms with Crippen molar-refractivity contribution in [2.24, 2.45) is 5.41 Å². The Labute approximate surface area is 62.8 Å². The van der Waals surface area contributed by atoms with Gasteiger partial charge in [-0.1, -0.05) is 0 Å². The number of rotatable bonds is 2. The average Bonchev–Trinajstić information content (AvgIpc) is 1.79. The third kappa shape index (κ3) is 0.648. The molecule has 0 saturated heterocycles. The number of halogens is 1. The van der Waals surface area contributed by atoms with Crippen LogP contribution in [0.4, 0.5) is 4.39 Å². The first-order valence-corrected chi connectivity index (χ1v) is 3.51. The maximum Gasteiger partial charge on any atom is 0.323 e. The molecule has 0 unspecified atom stereocenters. The van der Waals surface area contributed by atoms with E-state index in [-0.39, 0.29) is 5.78 Å². The van der Waals surface area contributed by atoms with E-state index in [2.05, 4.69) is 4.79 Å². The second-order valence-corrected chi connectivity index (χ2v) is 3.57. The van der Waals surface area contributed by atoms with Crippen molar-refractivity contribution in [3.63, 3.8) is 0 Å². The zero-order valence-corrected chi connectivity index (χ0v) is 5.88. The average molecular weight is 154 g/mol. The van der Waals surface area contributed by atoms with Crippen molar-refractivity contribution in [1.29, 1.82) is 0 Å². The first kappa shape index (κ1) is 6.68. The summed E-state index contributed by atoms with van der Waals surface area (Å²) in [5.74, 6) is -0.237. The molecule has 3 saturated carbocycles. The monoisotopic (exact) mass is 154 g/mol. The predicted molar refractivity (Wildman–Crippen MR) is 34.8 cm³/mol. The largest absolute Gasteiger partial charge is 0.361 e. The maximum atomic E-state index is 12.9. The highest BCUT2D eigenvalue weighted by atomic mass is 19.1. The van der Waals surface area contributed by atoms with Crippen molar-refractivity contribution < 1.29 is 14.0 Å². The molecule has 0 heterocycles. The first-order chi connectivity index (χ1) is 5.10. The van der Waals surface area contributed by atoms with E-state index in [0.29, 0.717) is 19.3 Å². The summed E-state index contributed by atoms with van der Waals surface area (Å²) in [7, 11) is 0. The van der Waals surface area contributed by atoms with E-state index in [1.165, 1.54) is 0 Å². The van der Waals surface area contributed by atoms with E-state index < -0.39 is 11.1 Å². The van der Waals surface area contributed by atoms with E-state index in [9.17, 15) is 9.18 Å². The van der Waals surface area contributed by atoms with E-state index in [0.717, 1.165) is 6.21 Å². The van der Waals surface area contributed by atoms with Crippen LogP contribution in [-0.2, 0) is 4.79 Å². The molecule has 3 aliphatic rings. The van der Waals surface area contributed by atoms with Crippen LogP contribution in [0.5, 0.6) is 0 Å². The summed E-state index contributed by atoms with van der Waals surface area (Å²) in [4.78, 5) is 13.7. The lowest BCUT2D eigenvalue weighted by molar-refractivity contribution is -0.207. The van der Waals surface area contributed by atoms with E-state index >= 15 is 0 Å². The van der Waals surface area contributed by atoms with Crippen LogP contribution in [0, 0.1) is 5.41 Å². The highest BCUT2D eigenvalue weighted by Crippen LogP contribution is 2.69. The first-order valence-electron chi connectivity index (χ1n) is 3.51. The summed E-state index contributed by atoms with van der Waals surface area (Å²) in [6.07, 6.45) is 1.85. The molecule has 58 valence electrons. The standard InChI is InChI=1S/C7H7FN2O/c8-7-2-6(3-7,4-7)5(11)1-10-9/h1H,2-4H2/t6-,7-. The van der Waals surface area contributed by atoms with E-state index in [1.54, 1.807) is 0 Å². The lowest BCUT2D eigenvalue weighted by Gasteiger charge is -2.63. The highest BCUT2D eigenvalue weighted by Gasteiger charge is 2.73. The third-order valence-corrected chi connectivity index (χ3v) is 2.66. The van der Waals surface area contributed by atoms with Gasteiger partial charge in [0.15, 0.2) is 0 Å². The minimum Gasteiger partial charge on any atom is -0.361 e. The lowest BCUT2D eigenvalue weighted by Crippen LogP contribution is -2.68. The summed E-state index contributed by atoms with van der Waals surface area (Å²) in [5.41, 5.74) is 6.51. The molecule has 3 aliphatic carbocycles. The zero-order valence-electron chi connectivity index (χ0n) is 5.88. The Morgan fingerprint density at radius 3 is 2.45 bits per heavy atom. The molecule has 0 aliphatic heterocycles. The third-order valence-electron chi connectivity index (χ3n) is 2.66. The predicted octanol–water partition coefficient (Wildman–Crippen LogP) is 0.748. The quantitative estimate of drug-likeness (QED) is 0.329. The SMILES string of the molecule is [N-]=[N+]=CC(=O)[C@]12C[C@@](F)(C1)C2. The molecule has 0 N–H and O–H groups in total. The number of nitrogens with zero attached hydrogens (tertiary/aromatic N) is 2. The van der Waals surface area contributed by atoms with Gasteiger partial charge in [-0.15, -0.1) is 0 Å². The van der Waals surface area contributed by atoms with Crippen LogP contribution in [0.3, 0.4) is 0 Å². The number of carbonyl (C=O) groups is 1. The molecule has 3 nitrogen and oxygen atoms in total. The topological polar surface area (TPSA) is 53.5 Å². The molecular weight excluding hydrogens is 147 g/mol. The summed E-state index contributed by atoms with van der Waals surface area (Å²) in [6.45, 7) is 0. The Kier molecular flexibility index (Phi) is 0.963. The van der Waals surface area contributed by atoms with Crippen LogP contribution < -0.4 is 0 Å². The molecular formula is C7H7FN2O. The molecule has 2 bridgehead atoms. The number of hydrogen-bond donors (Lipinski definition) is 0. The summed E-state index contributed by atoms with van der Waals surface area (Å²) in [5, 5.41) is 0. The summed E-state index contributed by atoms with van der Waals surface area (Å²) >= 11 is 0. The Bertz CT molecular complexity index is 260. The van der Waals surface area contributed by atoms with Gasteiger partial charge < -0.3 is 5.53 Å². The van der Waals surface area contributed by atoms with Gasteiger partial charge in [0.25, 0.3) is 0 Å². The molecule has 3 rings (SSSR count). The Morgan fingerprint density at radius 1 is 1.55 bits per heavy atom. The van der Waals surface area contributed by atoms with Gasteiger partial charge >= 0.3 is 6.21 Å². The van der Waals surface area contributed by atoms with Gasteiger partial charge in [-0.05, 0) is 19.3 Å². The van der Waals surface area contributed by atoms with Crippen molar-refractivity contribution in [3.05, 3.63) is 5.53 Å². The maximum absolute atomic E-state index is 12.9. The molecule has 0 amide bonds. The van der Waals surface area contributed by atoms with Gasteiger partial charge in [-0.3, -0.25) is 4.79 Å². The van der Waals surface area contributed by atoms with Crippen molar-refractivity contribution in [2.75, 3.05) is 0 Å². The molecule has 3 fully saturated rings. The minimum atomic E-state index is -1.06. The molecule has 0 spiro atoms. The normalized spacial score (nSPS) is 44.8. The van der Waals surface area contributed by atoms with E-state index in [1.807, 2.05) is 0 Å². The van der Waals surface area contributed by atoms with Crippen LogP contribution in [0.15, 0.2) is 0 Å². The van der Waals surface area contributed by atoms with Gasteiger partial charge in [0, 0.05) is 5.41 Å². The number of Topliss-reactive ketones (excluding diaryl/α,β-unsaturated/α-hetero) is 1. The van der Waals surface area contributed by atoms with Gasteiger partial charge in [0.05, 0.1) is 0 Å². The second kappa shape index (κ2) is 1.59. The van der Waals surface area contributed by atoms with Crippen molar-refractivity contribution in [2.45, 2.75) is 24.9 Å². The Balaban J connectivity index is 2.10. The Morgan fingerprint density at radius 2 is 2.09 bits per heavy atom. The lowest BCUT2D eigenvalue weighted by atomic mass is 9.41. The van der Waals surface area contributed by atoms with Crippen molar-refractivity contribution in [1.82, 2.24) is 0 Å². The van der Waals surface area contributed by atoms with Crippen LogP contribution in [0.1, 0.15) is 19.3 Å². The van der Waals surface area contributed by atoms with Gasteiger partial charge in [0.1, 0.15) is 5.67 Å². The molecule has 0 atom stereocenters. The van der Waals surface area contributed by atoms with Crippen LogP contribution in [0.25, 0.3) is 5.53 Å². The summed E-state index contributed by atoms with van der Waals surface area (Å²) < 4.78 is 12.9. The number of hydrogen-bond acceptors (Lipinski definition) is 1. The van der Waals surface area contributed by atoms with Gasteiger partial charge in [-0.25, -0.2) is 4.39 Å². The van der Waals surface area contributed by atoms with Gasteiger partial charge in [-0.2, -0.15) is 4.79 Å². The van der Waals surface area contributed by atoms with Crippen LogP contribution in [0.2, 0.25) is 0 Å². The van der Waals surface area contributed by atoms with E-state index in [4.69, 9.17) is 5.53 Å². The summed E-state index contributed by atoms with van der Waals surface area (Å²) in [6, 6.07) is 0. The second-order valence-electron chi connectivity index (χ2n) is 3.57. The molecule has 4 heteroatoms. The van der Waals surface area contributed by atoms with Crippen molar-refractivity contribution in [3.8, 4) is 0 Å². The Hall–Kier alpha value is -1.02. The van der Waals surface area contributed by atoms with Gasteiger partial charge in [0.2, 0.25) is 5.78 Å². The molecule has 0 aromatic rings. The fraction of sp³-hybridized carbons (Fsp3) is 0.714. The fourth-order valence-corrected chi connectivity index (χ4v) is 2.11. The molecule has 11 heavy (non-hydrogen) atoms. The van der Waals surface area contributed by atoms with Crippen LogP contribution in [-0.4, -0.2) is 22.5 Å². The minimum absolute atomic E-state index is 0.237.